The van der Waals surface area contributed by atoms with Gasteiger partial charge >= 0.3 is 0 Å². The Labute approximate surface area is 114 Å². The number of nitrogens with zero attached hydrogens (tertiary/aromatic N) is 3. The molecule has 20 heavy (non-hydrogen) atoms. The van der Waals surface area contributed by atoms with Crippen molar-refractivity contribution >= 4 is 11.6 Å². The fourth-order valence-corrected chi connectivity index (χ4v) is 1.67. The first-order valence-electron chi connectivity index (χ1n) is 6.03. The van der Waals surface area contributed by atoms with Crippen LogP contribution in [0.4, 0.5) is 5.69 Å². The highest BCUT2D eigenvalue weighted by molar-refractivity contribution is 5.94. The first kappa shape index (κ1) is 13.7. The molecule has 1 heterocycles. The molecular formula is C12H13N5O3. The lowest BCUT2D eigenvalue weighted by Crippen LogP contribution is -2.24. The number of hydrogen-bond donors (Lipinski definition) is 2. The zero-order valence-corrected chi connectivity index (χ0v) is 10.6. The molecule has 2 rings (SSSR count). The highest BCUT2D eigenvalue weighted by Crippen LogP contribution is 2.12. The number of non-ortho nitro benzene ring substituents is 1. The number of amides is 1. The molecule has 0 saturated heterocycles. The van der Waals surface area contributed by atoms with E-state index in [4.69, 9.17) is 0 Å². The molecule has 2 aromatic rings. The van der Waals surface area contributed by atoms with E-state index in [9.17, 15) is 14.9 Å². The Morgan fingerprint density at radius 2 is 2.30 bits per heavy atom. The van der Waals surface area contributed by atoms with Crippen molar-refractivity contribution in [1.82, 2.24) is 20.5 Å². The molecule has 0 aliphatic heterocycles. The number of carbonyl (C=O) groups is 1. The van der Waals surface area contributed by atoms with E-state index in [1.165, 1.54) is 24.5 Å². The number of nitro benzene ring substituents is 1. The third kappa shape index (κ3) is 3.61. The summed E-state index contributed by atoms with van der Waals surface area (Å²) < 4.78 is 0. The number of aryl methyl sites for hydroxylation is 1. The van der Waals surface area contributed by atoms with Crippen molar-refractivity contribution in [2.45, 2.75) is 12.8 Å². The number of aromatic amines is 1. The predicted molar refractivity (Wildman–Crippen MR) is 70.1 cm³/mol. The van der Waals surface area contributed by atoms with Crippen molar-refractivity contribution in [1.29, 1.82) is 0 Å². The summed E-state index contributed by atoms with van der Waals surface area (Å²) >= 11 is 0. The molecule has 0 spiro atoms. The first-order valence-corrected chi connectivity index (χ1v) is 6.03. The minimum Gasteiger partial charge on any atom is -0.352 e. The average molecular weight is 275 g/mol. The number of H-pyrrole nitrogens is 1. The summed E-state index contributed by atoms with van der Waals surface area (Å²) in [6, 6.07) is 5.63. The summed E-state index contributed by atoms with van der Waals surface area (Å²) in [4.78, 5) is 25.9. The lowest BCUT2D eigenvalue weighted by molar-refractivity contribution is -0.384. The van der Waals surface area contributed by atoms with Gasteiger partial charge in [-0.25, -0.2) is 4.98 Å². The van der Waals surface area contributed by atoms with Crippen molar-refractivity contribution in [2.75, 3.05) is 6.54 Å². The van der Waals surface area contributed by atoms with Crippen LogP contribution >= 0.6 is 0 Å². The number of benzene rings is 1. The van der Waals surface area contributed by atoms with Crippen molar-refractivity contribution in [3.8, 4) is 0 Å². The molecule has 0 atom stereocenters. The lowest BCUT2D eigenvalue weighted by Gasteiger charge is -2.04. The normalized spacial score (nSPS) is 10.2. The van der Waals surface area contributed by atoms with Crippen LogP contribution in [0.1, 0.15) is 22.6 Å². The molecule has 1 aromatic heterocycles. The maximum absolute atomic E-state index is 11.8. The first-order chi connectivity index (χ1) is 9.66. The molecule has 1 amide bonds. The van der Waals surface area contributed by atoms with E-state index < -0.39 is 4.92 Å². The molecule has 0 saturated carbocycles. The number of nitrogens with one attached hydrogen (secondary N) is 2. The standard InChI is InChI=1S/C12H13N5O3/c18-12(9-3-1-4-10(7-9)17(19)20)13-6-2-5-11-14-8-15-16-11/h1,3-4,7-8H,2,5-6H2,(H,13,18)(H,14,15,16). The summed E-state index contributed by atoms with van der Waals surface area (Å²) in [5, 5.41) is 19.8. The van der Waals surface area contributed by atoms with Gasteiger partial charge in [0.25, 0.3) is 11.6 Å². The van der Waals surface area contributed by atoms with Crippen LogP contribution in [-0.2, 0) is 6.42 Å². The smallest absolute Gasteiger partial charge is 0.270 e. The number of aromatic nitrogens is 3. The van der Waals surface area contributed by atoms with E-state index >= 15 is 0 Å². The Morgan fingerprint density at radius 3 is 3.00 bits per heavy atom. The highest BCUT2D eigenvalue weighted by atomic mass is 16.6. The Balaban J connectivity index is 1.82. The van der Waals surface area contributed by atoms with E-state index in [1.54, 1.807) is 6.07 Å². The van der Waals surface area contributed by atoms with Crippen LogP contribution in [-0.4, -0.2) is 32.6 Å². The van der Waals surface area contributed by atoms with Crippen LogP contribution in [0.2, 0.25) is 0 Å². The molecule has 8 heteroatoms. The molecule has 0 unspecified atom stereocenters. The van der Waals surface area contributed by atoms with Crippen LogP contribution in [0.25, 0.3) is 0 Å². The van der Waals surface area contributed by atoms with E-state index in [0.29, 0.717) is 19.4 Å². The quantitative estimate of drug-likeness (QED) is 0.465. The third-order valence-corrected chi connectivity index (χ3v) is 2.66. The average Bonchev–Trinajstić information content (AvgIpc) is 2.96. The van der Waals surface area contributed by atoms with Crippen molar-refractivity contribution in [3.63, 3.8) is 0 Å². The third-order valence-electron chi connectivity index (χ3n) is 2.66. The summed E-state index contributed by atoms with van der Waals surface area (Å²) in [5.74, 6) is 0.431. The Hall–Kier alpha value is -2.77. The number of hydrogen-bond acceptors (Lipinski definition) is 5. The van der Waals surface area contributed by atoms with E-state index in [0.717, 1.165) is 5.82 Å². The topological polar surface area (TPSA) is 114 Å². The Morgan fingerprint density at radius 1 is 1.45 bits per heavy atom. The SMILES string of the molecule is O=C(NCCCc1ncn[nH]1)c1cccc([N+](=O)[O-])c1. The lowest BCUT2D eigenvalue weighted by atomic mass is 10.2. The fraction of sp³-hybridized carbons (Fsp3) is 0.250. The molecular weight excluding hydrogens is 262 g/mol. The van der Waals surface area contributed by atoms with Gasteiger partial charge in [0.15, 0.2) is 0 Å². The molecule has 0 aliphatic rings. The fourth-order valence-electron chi connectivity index (χ4n) is 1.67. The zero-order valence-electron chi connectivity index (χ0n) is 10.6. The van der Waals surface area contributed by atoms with Gasteiger partial charge in [0.1, 0.15) is 12.2 Å². The van der Waals surface area contributed by atoms with Crippen LogP contribution < -0.4 is 5.32 Å². The van der Waals surface area contributed by atoms with Crippen LogP contribution in [0.3, 0.4) is 0 Å². The summed E-state index contributed by atoms with van der Waals surface area (Å²) in [5.41, 5.74) is 0.179. The maximum Gasteiger partial charge on any atom is 0.270 e. The van der Waals surface area contributed by atoms with Gasteiger partial charge in [-0.2, -0.15) is 5.10 Å². The van der Waals surface area contributed by atoms with E-state index in [1.807, 2.05) is 0 Å². The molecule has 0 fully saturated rings. The number of nitro groups is 1. The van der Waals surface area contributed by atoms with Crippen molar-refractivity contribution in [3.05, 3.63) is 52.1 Å². The minimum absolute atomic E-state index is 0.0979. The van der Waals surface area contributed by atoms with Gasteiger partial charge in [0.2, 0.25) is 0 Å². The minimum atomic E-state index is -0.527. The molecule has 0 bridgehead atoms. The molecule has 0 aliphatic carbocycles. The molecule has 1 aromatic carbocycles. The zero-order chi connectivity index (χ0) is 14.4. The van der Waals surface area contributed by atoms with Gasteiger partial charge in [0.05, 0.1) is 4.92 Å². The van der Waals surface area contributed by atoms with Gasteiger partial charge in [-0.15, -0.1) is 0 Å². The molecule has 2 N–H and O–H groups in total. The van der Waals surface area contributed by atoms with Gasteiger partial charge in [0, 0.05) is 30.7 Å². The van der Waals surface area contributed by atoms with Crippen LogP contribution in [0.15, 0.2) is 30.6 Å². The second kappa shape index (κ2) is 6.41. The monoisotopic (exact) mass is 275 g/mol. The van der Waals surface area contributed by atoms with Crippen molar-refractivity contribution < 1.29 is 9.72 Å². The molecule has 0 radical (unpaired) electrons. The second-order valence-electron chi connectivity index (χ2n) is 4.10. The van der Waals surface area contributed by atoms with Gasteiger partial charge < -0.3 is 5.32 Å². The van der Waals surface area contributed by atoms with E-state index in [-0.39, 0.29) is 17.2 Å². The molecule has 104 valence electrons. The van der Waals surface area contributed by atoms with Gasteiger partial charge in [-0.05, 0) is 12.5 Å². The largest absolute Gasteiger partial charge is 0.352 e. The van der Waals surface area contributed by atoms with Gasteiger partial charge in [-0.1, -0.05) is 6.07 Å². The summed E-state index contributed by atoms with van der Waals surface area (Å²) in [7, 11) is 0. The Bertz CT molecular complexity index is 597. The highest BCUT2D eigenvalue weighted by Gasteiger charge is 2.10. The van der Waals surface area contributed by atoms with E-state index in [2.05, 4.69) is 20.5 Å². The predicted octanol–water partition coefficient (Wildman–Crippen LogP) is 1.08. The summed E-state index contributed by atoms with van der Waals surface area (Å²) in [6.07, 6.45) is 2.81. The number of rotatable bonds is 6. The second-order valence-corrected chi connectivity index (χ2v) is 4.10. The van der Waals surface area contributed by atoms with Gasteiger partial charge in [-0.3, -0.25) is 20.0 Å². The number of carbonyl (C=O) groups excluding carboxylic acids is 1. The summed E-state index contributed by atoms with van der Waals surface area (Å²) in [6.45, 7) is 0.461. The van der Waals surface area contributed by atoms with Crippen LogP contribution in [0, 0.1) is 10.1 Å². The van der Waals surface area contributed by atoms with Crippen LogP contribution in [0.5, 0.6) is 0 Å². The molecule has 8 nitrogen and oxygen atoms in total. The Kier molecular flexibility index (Phi) is 4.38. The maximum atomic E-state index is 11.8. The van der Waals surface area contributed by atoms with Crippen molar-refractivity contribution in [2.24, 2.45) is 0 Å².